The highest BCUT2D eigenvalue weighted by Gasteiger charge is 2.57. The van der Waals surface area contributed by atoms with Crippen molar-refractivity contribution in [1.82, 2.24) is 24.5 Å². The van der Waals surface area contributed by atoms with E-state index >= 15 is 0 Å². The summed E-state index contributed by atoms with van der Waals surface area (Å²) in [5.41, 5.74) is 2.44. The molecule has 1 spiro atoms. The Morgan fingerprint density at radius 1 is 1.05 bits per heavy atom. The first kappa shape index (κ1) is 25.0. The molecule has 11 heteroatoms. The molecule has 1 aliphatic heterocycles. The summed E-state index contributed by atoms with van der Waals surface area (Å²) in [5, 5.41) is 0.300. The molecule has 7 rings (SSSR count). The number of oxazole rings is 1. The molecule has 8 nitrogen and oxygen atoms in total. The summed E-state index contributed by atoms with van der Waals surface area (Å²) in [5.74, 6) is 1.20. The summed E-state index contributed by atoms with van der Waals surface area (Å²) in [6.07, 6.45) is 7.14. The maximum absolute atomic E-state index is 14.8. The number of imidazole rings is 1. The van der Waals surface area contributed by atoms with Crippen molar-refractivity contribution in [3.8, 4) is 6.01 Å². The van der Waals surface area contributed by atoms with Crippen molar-refractivity contribution in [2.75, 3.05) is 18.0 Å². The van der Waals surface area contributed by atoms with Gasteiger partial charge < -0.3 is 18.6 Å². The van der Waals surface area contributed by atoms with Crippen LogP contribution in [0.5, 0.6) is 6.01 Å². The molecule has 2 aromatic carbocycles. The number of halogens is 3. The minimum absolute atomic E-state index is 0.00408. The molecule has 2 aliphatic rings. The predicted octanol–water partition coefficient (Wildman–Crippen LogP) is 6.15. The number of anilines is 1. The molecule has 1 unspecified atom stereocenters. The topological polar surface area (TPSA) is 82.1 Å². The Kier molecular flexibility index (Phi) is 6.14. The minimum Gasteiger partial charge on any atom is -0.458 e. The zero-order valence-corrected chi connectivity index (χ0v) is 22.2. The molecule has 1 saturated heterocycles. The quantitative estimate of drug-likeness (QED) is 0.235. The van der Waals surface area contributed by atoms with Crippen LogP contribution in [0.3, 0.4) is 0 Å². The van der Waals surface area contributed by atoms with Crippen molar-refractivity contribution in [3.05, 3.63) is 95.1 Å². The largest absolute Gasteiger partial charge is 0.458 e. The Bertz CT molecular complexity index is 1680. The van der Waals surface area contributed by atoms with E-state index in [4.69, 9.17) is 25.7 Å². The second kappa shape index (κ2) is 9.85. The van der Waals surface area contributed by atoms with Gasteiger partial charge in [0.25, 0.3) is 0 Å². The van der Waals surface area contributed by atoms with Gasteiger partial charge in [-0.3, -0.25) is 0 Å². The fourth-order valence-electron chi connectivity index (χ4n) is 5.84. The van der Waals surface area contributed by atoms with Crippen LogP contribution in [0.25, 0.3) is 11.0 Å². The Morgan fingerprint density at radius 2 is 1.90 bits per heavy atom. The van der Waals surface area contributed by atoms with Crippen molar-refractivity contribution in [1.29, 1.82) is 0 Å². The molecule has 0 radical (unpaired) electrons. The number of hydrogen-bond donors (Lipinski definition) is 0. The van der Waals surface area contributed by atoms with Crippen LogP contribution in [0, 0.1) is 17.0 Å². The van der Waals surface area contributed by atoms with Crippen LogP contribution in [-0.4, -0.2) is 37.6 Å². The predicted molar refractivity (Wildman–Crippen MR) is 144 cm³/mol. The van der Waals surface area contributed by atoms with Crippen molar-refractivity contribution in [3.63, 3.8) is 0 Å². The monoisotopic (exact) mass is 562 g/mol. The third kappa shape index (κ3) is 4.56. The van der Waals surface area contributed by atoms with E-state index in [1.54, 1.807) is 18.5 Å². The Hall–Kier alpha value is -4.05. The third-order valence-electron chi connectivity index (χ3n) is 8.10. The molecule has 2 fully saturated rings. The third-order valence-corrected chi connectivity index (χ3v) is 8.33. The standard InChI is InChI=1S/C29H25ClF2N6O2/c30-19-6-5-18(21(31)13-19)17-40-28-34-15-22(32)27(36-28)37-10-7-29(8-11-37)14-20(29)26-35-23-3-1-2-4-24(23)38(26)16-25-33-9-12-39-25/h1-6,9,12-13,15,20H,7-8,10-11,14,16-17H2. The second-order valence-electron chi connectivity index (χ2n) is 10.4. The number of para-hydroxylation sites is 2. The molecule has 4 heterocycles. The van der Waals surface area contributed by atoms with E-state index in [-0.39, 0.29) is 23.9 Å². The van der Waals surface area contributed by atoms with Gasteiger partial charge in [-0.15, -0.1) is 0 Å². The summed E-state index contributed by atoms with van der Waals surface area (Å²) < 4.78 is 42.3. The van der Waals surface area contributed by atoms with Gasteiger partial charge in [0.05, 0.1) is 23.4 Å². The van der Waals surface area contributed by atoms with Gasteiger partial charge in [-0.05, 0) is 48.9 Å². The average molecular weight is 563 g/mol. The van der Waals surface area contributed by atoms with Crippen LogP contribution in [0.15, 0.2) is 65.5 Å². The zero-order chi connectivity index (χ0) is 27.3. The maximum Gasteiger partial charge on any atom is 0.318 e. The molecule has 1 aliphatic carbocycles. The molecular formula is C29H25ClF2N6O2. The molecule has 3 aromatic heterocycles. The SMILES string of the molecule is Fc1cc(Cl)ccc1COc1ncc(F)c(N2CCC3(CC2)CC3c2nc3ccccc3n2Cc2ncco2)n1. The Labute approximate surface area is 233 Å². The molecule has 204 valence electrons. The van der Waals surface area contributed by atoms with Crippen LogP contribution in [0.4, 0.5) is 14.6 Å². The number of aromatic nitrogens is 5. The van der Waals surface area contributed by atoms with Gasteiger partial charge in [-0.25, -0.2) is 23.7 Å². The molecule has 0 N–H and O–H groups in total. The first-order valence-corrected chi connectivity index (χ1v) is 13.5. The van der Waals surface area contributed by atoms with Crippen LogP contribution in [-0.2, 0) is 13.2 Å². The molecule has 1 atom stereocenters. The van der Waals surface area contributed by atoms with E-state index in [9.17, 15) is 8.78 Å². The molecule has 0 amide bonds. The molecule has 1 saturated carbocycles. The van der Waals surface area contributed by atoms with Crippen LogP contribution >= 0.6 is 11.6 Å². The number of fused-ring (bicyclic) bond motifs is 1. The summed E-state index contributed by atoms with van der Waals surface area (Å²) in [6, 6.07) is 12.4. The number of ether oxygens (including phenoxy) is 1. The first-order chi connectivity index (χ1) is 19.5. The summed E-state index contributed by atoms with van der Waals surface area (Å²) in [4.78, 5) is 19.5. The number of benzene rings is 2. The van der Waals surface area contributed by atoms with Crippen molar-refractivity contribution in [2.45, 2.75) is 38.3 Å². The highest BCUT2D eigenvalue weighted by atomic mass is 35.5. The van der Waals surface area contributed by atoms with E-state index < -0.39 is 11.6 Å². The molecular weight excluding hydrogens is 538 g/mol. The lowest BCUT2D eigenvalue weighted by atomic mass is 9.90. The van der Waals surface area contributed by atoms with E-state index in [2.05, 4.69) is 25.6 Å². The van der Waals surface area contributed by atoms with Gasteiger partial charge >= 0.3 is 6.01 Å². The van der Waals surface area contributed by atoms with Gasteiger partial charge in [0.1, 0.15) is 31.1 Å². The fraction of sp³-hybridized carbons (Fsp3) is 0.310. The average Bonchev–Trinajstić information content (AvgIpc) is 3.26. The van der Waals surface area contributed by atoms with E-state index in [1.807, 2.05) is 23.1 Å². The smallest absolute Gasteiger partial charge is 0.318 e. The van der Waals surface area contributed by atoms with Crippen LogP contribution in [0.2, 0.25) is 5.02 Å². The normalized spacial score (nSPS) is 18.0. The van der Waals surface area contributed by atoms with Crippen LogP contribution in [0.1, 0.15) is 42.5 Å². The lowest BCUT2D eigenvalue weighted by molar-refractivity contribution is 0.273. The molecule has 40 heavy (non-hydrogen) atoms. The number of piperidine rings is 1. The van der Waals surface area contributed by atoms with Gasteiger partial charge in [0.2, 0.25) is 5.89 Å². The van der Waals surface area contributed by atoms with Gasteiger partial charge in [0, 0.05) is 29.6 Å². The first-order valence-electron chi connectivity index (χ1n) is 13.2. The van der Waals surface area contributed by atoms with Crippen molar-refractivity contribution < 1.29 is 17.9 Å². The fourth-order valence-corrected chi connectivity index (χ4v) is 6.00. The maximum atomic E-state index is 14.8. The number of nitrogens with zero attached hydrogens (tertiary/aromatic N) is 6. The Balaban J connectivity index is 1.06. The van der Waals surface area contributed by atoms with E-state index in [0.29, 0.717) is 42.0 Å². The highest BCUT2D eigenvalue weighted by Crippen LogP contribution is 2.65. The second-order valence-corrected chi connectivity index (χ2v) is 10.9. The van der Waals surface area contributed by atoms with E-state index in [0.717, 1.165) is 42.3 Å². The minimum atomic E-state index is -0.513. The van der Waals surface area contributed by atoms with Crippen LogP contribution < -0.4 is 9.64 Å². The van der Waals surface area contributed by atoms with Crippen molar-refractivity contribution in [2.24, 2.45) is 5.41 Å². The summed E-state index contributed by atoms with van der Waals surface area (Å²) in [7, 11) is 0. The number of hydrogen-bond acceptors (Lipinski definition) is 7. The van der Waals surface area contributed by atoms with E-state index in [1.165, 1.54) is 12.1 Å². The number of rotatable bonds is 7. The zero-order valence-electron chi connectivity index (χ0n) is 21.4. The Morgan fingerprint density at radius 3 is 2.70 bits per heavy atom. The van der Waals surface area contributed by atoms with Gasteiger partial charge in [0.15, 0.2) is 11.6 Å². The lowest BCUT2D eigenvalue weighted by Crippen LogP contribution is -2.36. The highest BCUT2D eigenvalue weighted by molar-refractivity contribution is 6.30. The van der Waals surface area contributed by atoms with Crippen molar-refractivity contribution >= 4 is 28.5 Å². The van der Waals surface area contributed by atoms with Gasteiger partial charge in [-0.1, -0.05) is 29.8 Å². The van der Waals surface area contributed by atoms with Gasteiger partial charge in [-0.2, -0.15) is 4.98 Å². The summed E-state index contributed by atoms with van der Waals surface area (Å²) >= 11 is 5.82. The molecule has 0 bridgehead atoms. The summed E-state index contributed by atoms with van der Waals surface area (Å²) in [6.45, 7) is 1.73. The lowest BCUT2D eigenvalue weighted by Gasteiger charge is -2.33. The molecule has 5 aromatic rings.